The Morgan fingerprint density at radius 3 is 2.67 bits per heavy atom. The molecule has 1 rings (SSSR count). The zero-order chi connectivity index (χ0) is 11.3. The Morgan fingerprint density at radius 2 is 2.07 bits per heavy atom. The topological polar surface area (TPSA) is 9.23 Å². The van der Waals surface area contributed by atoms with Crippen molar-refractivity contribution < 1.29 is 4.74 Å². The molecule has 0 radical (unpaired) electrons. The van der Waals surface area contributed by atoms with Gasteiger partial charge in [0.05, 0.1) is 12.2 Å². The first-order chi connectivity index (χ1) is 7.15. The van der Waals surface area contributed by atoms with E-state index in [0.717, 1.165) is 0 Å². The summed E-state index contributed by atoms with van der Waals surface area (Å²) in [6, 6.07) is 0. The van der Waals surface area contributed by atoms with Crippen LogP contribution in [0.5, 0.6) is 0 Å². The van der Waals surface area contributed by atoms with E-state index in [9.17, 15) is 0 Å². The third-order valence-corrected chi connectivity index (χ3v) is 3.47. The van der Waals surface area contributed by atoms with Crippen molar-refractivity contribution in [3.63, 3.8) is 0 Å². The fraction of sp³-hybridized carbons (Fsp3) is 0.857. The number of unbranched alkanes of at least 4 members (excludes halogenated alkanes) is 2. The molecule has 1 nitrogen and oxygen atoms in total. The van der Waals surface area contributed by atoms with Crippen LogP contribution >= 0.6 is 0 Å². The Kier molecular flexibility index (Phi) is 5.38. The van der Waals surface area contributed by atoms with E-state index in [4.69, 9.17) is 4.74 Å². The predicted octanol–water partition coefficient (Wildman–Crippen LogP) is 4.33. The second-order valence-electron chi connectivity index (χ2n) is 5.01. The summed E-state index contributed by atoms with van der Waals surface area (Å²) in [5, 5.41) is 0. The molecule has 0 spiro atoms. The van der Waals surface area contributed by atoms with Crippen LogP contribution in [0.25, 0.3) is 0 Å². The molecule has 3 atom stereocenters. The van der Waals surface area contributed by atoms with E-state index in [1.807, 2.05) is 0 Å². The van der Waals surface area contributed by atoms with Gasteiger partial charge in [-0.15, -0.1) is 0 Å². The van der Waals surface area contributed by atoms with Crippen LogP contribution in [-0.2, 0) is 4.74 Å². The highest BCUT2D eigenvalue weighted by atomic mass is 16.5. The van der Waals surface area contributed by atoms with Gasteiger partial charge in [-0.25, -0.2) is 0 Å². The molecular formula is C14H26O. The SMILES string of the molecule is C=C(C)C1CCC(C)OC1CCCCC. The van der Waals surface area contributed by atoms with E-state index in [2.05, 4.69) is 27.4 Å². The molecule has 0 aromatic rings. The lowest BCUT2D eigenvalue weighted by atomic mass is 9.84. The van der Waals surface area contributed by atoms with E-state index >= 15 is 0 Å². The van der Waals surface area contributed by atoms with Crippen LogP contribution in [0.4, 0.5) is 0 Å². The third-order valence-electron chi connectivity index (χ3n) is 3.47. The van der Waals surface area contributed by atoms with Crippen molar-refractivity contribution in [2.75, 3.05) is 0 Å². The second-order valence-corrected chi connectivity index (χ2v) is 5.01. The fourth-order valence-electron chi connectivity index (χ4n) is 2.49. The molecule has 0 bridgehead atoms. The van der Waals surface area contributed by atoms with Crippen molar-refractivity contribution in [2.24, 2.45) is 5.92 Å². The maximum absolute atomic E-state index is 6.05. The summed E-state index contributed by atoms with van der Waals surface area (Å²) in [7, 11) is 0. The Hall–Kier alpha value is -0.300. The molecule has 3 unspecified atom stereocenters. The van der Waals surface area contributed by atoms with Gasteiger partial charge in [0.2, 0.25) is 0 Å². The summed E-state index contributed by atoms with van der Waals surface area (Å²) >= 11 is 0. The molecule has 0 N–H and O–H groups in total. The minimum absolute atomic E-state index is 0.442. The molecule has 0 amide bonds. The van der Waals surface area contributed by atoms with Crippen LogP contribution < -0.4 is 0 Å². The Morgan fingerprint density at radius 1 is 1.33 bits per heavy atom. The van der Waals surface area contributed by atoms with Crippen molar-refractivity contribution in [1.29, 1.82) is 0 Å². The monoisotopic (exact) mass is 210 g/mol. The van der Waals surface area contributed by atoms with Crippen LogP contribution in [0.2, 0.25) is 0 Å². The molecule has 1 heterocycles. The Bertz CT molecular complexity index is 198. The molecule has 88 valence electrons. The molecule has 0 aromatic heterocycles. The van der Waals surface area contributed by atoms with Gasteiger partial charge in [0.25, 0.3) is 0 Å². The molecule has 0 saturated carbocycles. The molecular weight excluding hydrogens is 184 g/mol. The van der Waals surface area contributed by atoms with Crippen LogP contribution in [-0.4, -0.2) is 12.2 Å². The summed E-state index contributed by atoms with van der Waals surface area (Å²) in [5.74, 6) is 0.609. The average molecular weight is 210 g/mol. The molecule has 1 aliphatic heterocycles. The summed E-state index contributed by atoms with van der Waals surface area (Å²) in [4.78, 5) is 0. The van der Waals surface area contributed by atoms with E-state index in [-0.39, 0.29) is 0 Å². The largest absolute Gasteiger partial charge is 0.375 e. The molecule has 1 heteroatoms. The minimum Gasteiger partial charge on any atom is -0.375 e. The quantitative estimate of drug-likeness (QED) is 0.485. The van der Waals surface area contributed by atoms with Crippen molar-refractivity contribution in [1.82, 2.24) is 0 Å². The van der Waals surface area contributed by atoms with Crippen molar-refractivity contribution in [2.45, 2.75) is 71.5 Å². The lowest BCUT2D eigenvalue weighted by molar-refractivity contribution is -0.0691. The van der Waals surface area contributed by atoms with Gasteiger partial charge in [0, 0.05) is 5.92 Å². The second kappa shape index (κ2) is 6.32. The van der Waals surface area contributed by atoms with Gasteiger partial charge in [-0.05, 0) is 33.1 Å². The van der Waals surface area contributed by atoms with Crippen LogP contribution in [0.1, 0.15) is 59.3 Å². The predicted molar refractivity (Wildman–Crippen MR) is 66.0 cm³/mol. The Balaban J connectivity index is 2.43. The number of rotatable bonds is 5. The van der Waals surface area contributed by atoms with E-state index < -0.39 is 0 Å². The smallest absolute Gasteiger partial charge is 0.0643 e. The van der Waals surface area contributed by atoms with Gasteiger partial charge in [-0.2, -0.15) is 0 Å². The average Bonchev–Trinajstić information content (AvgIpc) is 2.18. The van der Waals surface area contributed by atoms with E-state index in [0.29, 0.717) is 18.1 Å². The first-order valence-corrected chi connectivity index (χ1v) is 6.46. The zero-order valence-corrected chi connectivity index (χ0v) is 10.6. The zero-order valence-electron chi connectivity index (χ0n) is 10.6. The highest BCUT2D eigenvalue weighted by Gasteiger charge is 2.29. The minimum atomic E-state index is 0.442. The number of ether oxygens (including phenoxy) is 1. The maximum Gasteiger partial charge on any atom is 0.0643 e. The standard InChI is InChI=1S/C14H26O/c1-5-6-7-8-14-13(11(2)3)10-9-12(4)15-14/h12-14H,2,5-10H2,1,3-4H3. The van der Waals surface area contributed by atoms with Gasteiger partial charge < -0.3 is 4.74 Å². The van der Waals surface area contributed by atoms with Crippen molar-refractivity contribution in [3.05, 3.63) is 12.2 Å². The number of hydrogen-bond acceptors (Lipinski definition) is 1. The Labute approximate surface area is 94.9 Å². The van der Waals surface area contributed by atoms with E-state index in [1.54, 1.807) is 0 Å². The maximum atomic E-state index is 6.05. The molecule has 0 aliphatic carbocycles. The van der Waals surface area contributed by atoms with Crippen LogP contribution in [0.15, 0.2) is 12.2 Å². The van der Waals surface area contributed by atoms with Gasteiger partial charge >= 0.3 is 0 Å². The van der Waals surface area contributed by atoms with Gasteiger partial charge in [-0.3, -0.25) is 0 Å². The lowest BCUT2D eigenvalue weighted by Gasteiger charge is -2.36. The molecule has 0 aromatic carbocycles. The van der Waals surface area contributed by atoms with Crippen molar-refractivity contribution in [3.8, 4) is 0 Å². The first kappa shape index (κ1) is 12.8. The normalized spacial score (nSPS) is 31.5. The fourth-order valence-corrected chi connectivity index (χ4v) is 2.49. The van der Waals surface area contributed by atoms with Crippen molar-refractivity contribution >= 4 is 0 Å². The molecule has 15 heavy (non-hydrogen) atoms. The van der Waals surface area contributed by atoms with Crippen LogP contribution in [0.3, 0.4) is 0 Å². The first-order valence-electron chi connectivity index (χ1n) is 6.46. The third kappa shape index (κ3) is 3.98. The highest BCUT2D eigenvalue weighted by Crippen LogP contribution is 2.32. The van der Waals surface area contributed by atoms with Gasteiger partial charge in [-0.1, -0.05) is 38.3 Å². The summed E-state index contributed by atoms with van der Waals surface area (Å²) < 4.78 is 6.05. The summed E-state index contributed by atoms with van der Waals surface area (Å²) in [6.07, 6.45) is 8.50. The summed E-state index contributed by atoms with van der Waals surface area (Å²) in [5.41, 5.74) is 1.31. The lowest BCUT2D eigenvalue weighted by Crippen LogP contribution is -2.34. The number of hydrogen-bond donors (Lipinski definition) is 0. The van der Waals surface area contributed by atoms with E-state index in [1.165, 1.54) is 44.1 Å². The van der Waals surface area contributed by atoms with Gasteiger partial charge in [0.1, 0.15) is 0 Å². The molecule has 1 fully saturated rings. The molecule has 1 saturated heterocycles. The molecule has 1 aliphatic rings. The summed E-state index contributed by atoms with van der Waals surface area (Å²) in [6.45, 7) is 10.7. The van der Waals surface area contributed by atoms with Crippen LogP contribution in [0, 0.1) is 5.92 Å². The van der Waals surface area contributed by atoms with Gasteiger partial charge in [0.15, 0.2) is 0 Å². The highest BCUT2D eigenvalue weighted by molar-refractivity contribution is 5.01.